The number of benzene rings is 2. The van der Waals surface area contributed by atoms with Crippen molar-refractivity contribution in [3.63, 3.8) is 0 Å². The lowest BCUT2D eigenvalue weighted by Crippen LogP contribution is -2.14. The van der Waals surface area contributed by atoms with Crippen molar-refractivity contribution in [1.29, 1.82) is 0 Å². The standard InChI is InChI=1S/C28H19F3N6O3/c1-14(23-20(15-7-3-2-4-8-15)17-9-5-6-10-18(17)27(39)40-23)37-26-21(25(32)34-13-35-26)22(36-37)16-11-19(38)24(33-12-16)28(29,30)31/h2-14,38H,1H3,(H2,32,34,35). The zero-order valence-corrected chi connectivity index (χ0v) is 20.7. The number of rotatable bonds is 4. The molecule has 3 N–H and O–H groups in total. The van der Waals surface area contributed by atoms with Gasteiger partial charge in [-0.2, -0.15) is 18.3 Å². The summed E-state index contributed by atoms with van der Waals surface area (Å²) in [6.07, 6.45) is -2.68. The number of hydrogen-bond acceptors (Lipinski definition) is 8. The molecule has 0 saturated carbocycles. The Morgan fingerprint density at radius 1 is 0.975 bits per heavy atom. The number of nitrogens with zero attached hydrogens (tertiary/aromatic N) is 5. The van der Waals surface area contributed by atoms with Gasteiger partial charge < -0.3 is 15.3 Å². The molecule has 4 heterocycles. The van der Waals surface area contributed by atoms with Crippen LogP contribution < -0.4 is 11.4 Å². The zero-order chi connectivity index (χ0) is 28.2. The number of hydrogen-bond donors (Lipinski definition) is 2. The molecule has 0 aliphatic rings. The fraction of sp³-hybridized carbons (Fsp3) is 0.107. The minimum absolute atomic E-state index is 0.0149. The van der Waals surface area contributed by atoms with Crippen molar-refractivity contribution in [3.05, 3.63) is 95.1 Å². The number of fused-ring (bicyclic) bond motifs is 2. The molecule has 0 aliphatic heterocycles. The molecular weight excluding hydrogens is 525 g/mol. The smallest absolute Gasteiger partial charge is 0.437 e. The minimum atomic E-state index is -4.85. The highest BCUT2D eigenvalue weighted by Gasteiger charge is 2.36. The quantitative estimate of drug-likeness (QED) is 0.294. The monoisotopic (exact) mass is 544 g/mol. The maximum atomic E-state index is 13.2. The van der Waals surface area contributed by atoms with Crippen LogP contribution in [0.1, 0.15) is 24.4 Å². The number of halogens is 3. The number of nitrogen functional groups attached to an aromatic ring is 1. The van der Waals surface area contributed by atoms with Gasteiger partial charge in [-0.3, -0.25) is 0 Å². The third kappa shape index (κ3) is 4.01. The van der Waals surface area contributed by atoms with Crippen LogP contribution in [0.25, 0.3) is 44.2 Å². The van der Waals surface area contributed by atoms with Crippen molar-refractivity contribution in [2.75, 3.05) is 5.73 Å². The second-order valence-corrected chi connectivity index (χ2v) is 9.06. The summed E-state index contributed by atoms with van der Waals surface area (Å²) in [4.78, 5) is 24.8. The minimum Gasteiger partial charge on any atom is -0.506 e. The molecule has 6 rings (SSSR count). The van der Waals surface area contributed by atoms with Crippen molar-refractivity contribution in [2.24, 2.45) is 0 Å². The summed E-state index contributed by atoms with van der Waals surface area (Å²) in [7, 11) is 0. The molecular formula is C28H19F3N6O3. The molecule has 1 atom stereocenters. The number of aromatic hydroxyl groups is 1. The molecule has 40 heavy (non-hydrogen) atoms. The average molecular weight is 544 g/mol. The highest BCUT2D eigenvalue weighted by atomic mass is 19.4. The molecule has 0 spiro atoms. The molecule has 200 valence electrons. The lowest BCUT2D eigenvalue weighted by atomic mass is 9.96. The fourth-order valence-electron chi connectivity index (χ4n) is 4.79. The second-order valence-electron chi connectivity index (χ2n) is 9.06. The summed E-state index contributed by atoms with van der Waals surface area (Å²) < 4.78 is 46.9. The van der Waals surface area contributed by atoms with Gasteiger partial charge in [0.2, 0.25) is 0 Å². The van der Waals surface area contributed by atoms with E-state index in [-0.39, 0.29) is 33.9 Å². The molecule has 9 nitrogen and oxygen atoms in total. The Balaban J connectivity index is 1.61. The molecule has 2 aromatic carbocycles. The number of pyridine rings is 1. The van der Waals surface area contributed by atoms with E-state index in [9.17, 15) is 23.1 Å². The lowest BCUT2D eigenvalue weighted by Gasteiger charge is -2.18. The van der Waals surface area contributed by atoms with Gasteiger partial charge in [0.25, 0.3) is 0 Å². The number of aromatic nitrogens is 5. The van der Waals surface area contributed by atoms with Gasteiger partial charge in [0.15, 0.2) is 11.3 Å². The van der Waals surface area contributed by atoms with Crippen molar-refractivity contribution in [1.82, 2.24) is 24.7 Å². The van der Waals surface area contributed by atoms with Gasteiger partial charge in [0, 0.05) is 22.7 Å². The van der Waals surface area contributed by atoms with Crippen LogP contribution in [0.15, 0.2) is 82.4 Å². The average Bonchev–Trinajstić information content (AvgIpc) is 3.33. The molecule has 0 amide bonds. The summed E-state index contributed by atoms with van der Waals surface area (Å²) in [5, 5.41) is 16.0. The van der Waals surface area contributed by atoms with Crippen LogP contribution in [0.3, 0.4) is 0 Å². The van der Waals surface area contributed by atoms with Crippen molar-refractivity contribution >= 4 is 27.6 Å². The van der Waals surface area contributed by atoms with E-state index in [4.69, 9.17) is 10.2 Å². The Morgan fingerprint density at radius 2 is 1.68 bits per heavy atom. The van der Waals surface area contributed by atoms with Crippen LogP contribution in [-0.4, -0.2) is 29.8 Å². The molecule has 12 heteroatoms. The maximum Gasteiger partial charge on any atom is 0.437 e. The van der Waals surface area contributed by atoms with Crippen LogP contribution in [-0.2, 0) is 6.18 Å². The zero-order valence-electron chi connectivity index (χ0n) is 20.7. The number of anilines is 1. The van der Waals surface area contributed by atoms with Gasteiger partial charge in [0.05, 0.1) is 10.8 Å². The van der Waals surface area contributed by atoms with E-state index >= 15 is 0 Å². The van der Waals surface area contributed by atoms with E-state index in [1.807, 2.05) is 42.5 Å². The summed E-state index contributed by atoms with van der Waals surface area (Å²) >= 11 is 0. The Hall–Kier alpha value is -5.26. The molecule has 0 aliphatic carbocycles. The van der Waals surface area contributed by atoms with E-state index in [1.165, 1.54) is 11.0 Å². The summed E-state index contributed by atoms with van der Waals surface area (Å²) in [6, 6.07) is 16.6. The van der Waals surface area contributed by atoms with Gasteiger partial charge in [-0.15, -0.1) is 0 Å². The second kappa shape index (κ2) is 9.19. The van der Waals surface area contributed by atoms with Crippen molar-refractivity contribution < 1.29 is 22.7 Å². The van der Waals surface area contributed by atoms with Gasteiger partial charge in [-0.05, 0) is 24.6 Å². The first-order valence-electron chi connectivity index (χ1n) is 12.0. The third-order valence-electron chi connectivity index (χ3n) is 6.60. The van der Waals surface area contributed by atoms with Gasteiger partial charge in [-0.25, -0.2) is 24.4 Å². The molecule has 0 saturated heterocycles. The lowest BCUT2D eigenvalue weighted by molar-refractivity contribution is -0.142. The van der Waals surface area contributed by atoms with Crippen molar-refractivity contribution in [2.45, 2.75) is 19.1 Å². The Kier molecular flexibility index (Phi) is 5.75. The molecule has 1 unspecified atom stereocenters. The van der Waals surface area contributed by atoms with E-state index < -0.39 is 29.3 Å². The first-order valence-corrected chi connectivity index (χ1v) is 12.0. The summed E-state index contributed by atoms with van der Waals surface area (Å²) in [6.45, 7) is 1.75. The molecule has 0 radical (unpaired) electrons. The number of nitrogens with two attached hydrogens (primary N) is 1. The SMILES string of the molecule is CC(c1oc(=O)c2ccccc2c1-c1ccccc1)n1nc(-c2cnc(C(F)(F)F)c(O)c2)c2c(N)ncnc21. The van der Waals surface area contributed by atoms with E-state index in [0.29, 0.717) is 16.3 Å². The van der Waals surface area contributed by atoms with Crippen LogP contribution in [0, 0.1) is 0 Å². The van der Waals surface area contributed by atoms with Gasteiger partial charge in [-0.1, -0.05) is 48.5 Å². The largest absolute Gasteiger partial charge is 0.506 e. The van der Waals surface area contributed by atoms with E-state index in [1.54, 1.807) is 19.1 Å². The van der Waals surface area contributed by atoms with Gasteiger partial charge in [0.1, 0.15) is 35.4 Å². The normalized spacial score (nSPS) is 12.7. The molecule has 4 aromatic heterocycles. The molecule has 0 fully saturated rings. The Bertz CT molecular complexity index is 1970. The molecule has 0 bridgehead atoms. The van der Waals surface area contributed by atoms with Gasteiger partial charge >= 0.3 is 11.8 Å². The van der Waals surface area contributed by atoms with E-state index in [2.05, 4.69) is 20.1 Å². The van der Waals surface area contributed by atoms with Crippen LogP contribution in [0.2, 0.25) is 0 Å². The highest BCUT2D eigenvalue weighted by Crippen LogP contribution is 2.40. The van der Waals surface area contributed by atoms with Crippen molar-refractivity contribution in [3.8, 4) is 28.1 Å². The van der Waals surface area contributed by atoms with Crippen LogP contribution in [0.4, 0.5) is 19.0 Å². The maximum absolute atomic E-state index is 13.2. The Labute approximate surface area is 223 Å². The fourth-order valence-corrected chi connectivity index (χ4v) is 4.79. The van der Waals surface area contributed by atoms with Crippen LogP contribution in [0.5, 0.6) is 5.75 Å². The topological polar surface area (TPSA) is 133 Å². The highest BCUT2D eigenvalue weighted by molar-refractivity contribution is 5.99. The summed E-state index contributed by atoms with van der Waals surface area (Å²) in [5.41, 5.74) is 6.06. The molecule has 6 aromatic rings. The first-order chi connectivity index (χ1) is 19.1. The first kappa shape index (κ1) is 25.0. The predicted octanol–water partition coefficient (Wildman–Crippen LogP) is 5.58. The predicted molar refractivity (Wildman–Crippen MR) is 141 cm³/mol. The Morgan fingerprint density at radius 3 is 2.38 bits per heavy atom. The summed E-state index contributed by atoms with van der Waals surface area (Å²) in [5.74, 6) is -0.763. The van der Waals surface area contributed by atoms with E-state index in [0.717, 1.165) is 17.8 Å². The van der Waals surface area contributed by atoms with Crippen LogP contribution >= 0.6 is 0 Å². The third-order valence-corrected chi connectivity index (χ3v) is 6.60. The number of alkyl halides is 3.